The number of aryl methyl sites for hydroxylation is 1. The third-order valence-corrected chi connectivity index (χ3v) is 6.58. The first-order valence-corrected chi connectivity index (χ1v) is 10.9. The van der Waals surface area contributed by atoms with E-state index >= 15 is 0 Å². The number of halogens is 2. The van der Waals surface area contributed by atoms with Crippen LogP contribution in [-0.4, -0.2) is 33.8 Å². The van der Waals surface area contributed by atoms with Crippen molar-refractivity contribution in [1.29, 1.82) is 0 Å². The van der Waals surface area contributed by atoms with Crippen molar-refractivity contribution < 1.29 is 13.6 Å². The molecule has 0 bridgehead atoms. The van der Waals surface area contributed by atoms with E-state index in [1.165, 1.54) is 22.7 Å². The molecule has 4 rings (SSSR count). The highest BCUT2D eigenvalue weighted by atomic mass is 32.1. The molecule has 31 heavy (non-hydrogen) atoms. The van der Waals surface area contributed by atoms with Crippen LogP contribution < -0.4 is 4.90 Å². The van der Waals surface area contributed by atoms with Gasteiger partial charge in [-0.2, -0.15) is 0 Å². The molecule has 5 nitrogen and oxygen atoms in total. The van der Waals surface area contributed by atoms with Crippen LogP contribution >= 0.6 is 11.3 Å². The molecule has 0 atom stereocenters. The maximum absolute atomic E-state index is 13.8. The summed E-state index contributed by atoms with van der Waals surface area (Å²) in [5, 5.41) is 1.00. The van der Waals surface area contributed by atoms with Gasteiger partial charge in [0.15, 0.2) is 10.9 Å². The van der Waals surface area contributed by atoms with Crippen molar-refractivity contribution >= 4 is 27.8 Å². The van der Waals surface area contributed by atoms with Gasteiger partial charge in [-0.3, -0.25) is 14.8 Å². The van der Waals surface area contributed by atoms with E-state index in [2.05, 4.69) is 33.7 Å². The topological polar surface area (TPSA) is 59.0 Å². The van der Waals surface area contributed by atoms with Gasteiger partial charge < -0.3 is 4.90 Å². The second-order valence-corrected chi connectivity index (χ2v) is 8.58. The molecule has 0 spiro atoms. The van der Waals surface area contributed by atoms with Crippen molar-refractivity contribution in [2.75, 3.05) is 18.0 Å². The number of benzene rings is 1. The number of rotatable bonds is 6. The van der Waals surface area contributed by atoms with E-state index in [9.17, 15) is 13.6 Å². The van der Waals surface area contributed by atoms with Crippen molar-refractivity contribution in [1.82, 2.24) is 15.0 Å². The molecule has 0 radical (unpaired) electrons. The minimum atomic E-state index is -0.869. The fourth-order valence-electron chi connectivity index (χ4n) is 3.55. The van der Waals surface area contributed by atoms with Crippen molar-refractivity contribution in [3.63, 3.8) is 0 Å². The number of carbonyl (C=O) groups is 1. The minimum Gasteiger partial charge on any atom is -0.343 e. The van der Waals surface area contributed by atoms with Crippen LogP contribution in [0.1, 0.15) is 46.9 Å². The SMILES string of the molecule is CCc1cnc(N2CCC(C)=C(c3cnc(CC(=O)c4c(F)cccc4F)cn3)C2)s1. The molecule has 1 aromatic carbocycles. The quantitative estimate of drug-likeness (QED) is 0.511. The van der Waals surface area contributed by atoms with Crippen molar-refractivity contribution in [3.05, 3.63) is 75.8 Å². The summed E-state index contributed by atoms with van der Waals surface area (Å²) in [5.41, 5.74) is 2.91. The molecule has 8 heteroatoms. The monoisotopic (exact) mass is 440 g/mol. The maximum atomic E-state index is 13.8. The van der Waals surface area contributed by atoms with Crippen LogP contribution in [0.2, 0.25) is 0 Å². The standard InChI is InChI=1S/C23H22F2N4OS/c1-3-16-11-28-23(31-16)29-8-7-14(2)17(13-29)20-12-26-15(10-27-20)9-21(30)22-18(24)5-4-6-19(22)25/h4-6,10-12H,3,7-9,13H2,1-2H3. The number of carbonyl (C=O) groups excluding carboxylic acids is 1. The molecule has 3 heterocycles. The van der Waals surface area contributed by atoms with E-state index in [-0.39, 0.29) is 6.42 Å². The molecule has 0 aliphatic carbocycles. The number of Topliss-reactive ketones (excluding diaryl/α,β-unsaturated/α-hetero) is 1. The molecular formula is C23H22F2N4OS. The zero-order valence-corrected chi connectivity index (χ0v) is 18.2. The Balaban J connectivity index is 1.50. The second-order valence-electron chi connectivity index (χ2n) is 7.48. The highest BCUT2D eigenvalue weighted by Gasteiger charge is 2.22. The van der Waals surface area contributed by atoms with Crippen LogP contribution in [0.3, 0.4) is 0 Å². The van der Waals surface area contributed by atoms with E-state index in [0.29, 0.717) is 12.2 Å². The van der Waals surface area contributed by atoms with E-state index in [1.54, 1.807) is 17.5 Å². The molecule has 0 N–H and O–H groups in total. The Morgan fingerprint density at radius 2 is 1.90 bits per heavy atom. The fourth-order valence-corrected chi connectivity index (χ4v) is 4.42. The molecule has 0 saturated carbocycles. The first-order valence-electron chi connectivity index (χ1n) is 10.1. The number of aromatic nitrogens is 3. The summed E-state index contributed by atoms with van der Waals surface area (Å²) < 4.78 is 27.7. The highest BCUT2D eigenvalue weighted by Crippen LogP contribution is 2.31. The Morgan fingerprint density at radius 1 is 1.13 bits per heavy atom. The Kier molecular flexibility index (Phi) is 6.18. The van der Waals surface area contributed by atoms with E-state index < -0.39 is 23.0 Å². The van der Waals surface area contributed by atoms with Crippen LogP contribution in [0.4, 0.5) is 13.9 Å². The smallest absolute Gasteiger partial charge is 0.185 e. The van der Waals surface area contributed by atoms with Crippen molar-refractivity contribution in [2.45, 2.75) is 33.1 Å². The van der Waals surface area contributed by atoms with Gasteiger partial charge in [-0.15, -0.1) is 11.3 Å². The number of nitrogens with zero attached hydrogens (tertiary/aromatic N) is 4. The number of anilines is 1. The number of hydrogen-bond acceptors (Lipinski definition) is 6. The largest absolute Gasteiger partial charge is 0.343 e. The molecule has 0 amide bonds. The number of hydrogen-bond donors (Lipinski definition) is 0. The van der Waals surface area contributed by atoms with Gasteiger partial charge in [0.25, 0.3) is 0 Å². The van der Waals surface area contributed by atoms with Gasteiger partial charge in [0.2, 0.25) is 0 Å². The van der Waals surface area contributed by atoms with Gasteiger partial charge in [0.05, 0.1) is 29.6 Å². The minimum absolute atomic E-state index is 0.214. The molecule has 1 aliphatic rings. The Labute approximate surface area is 183 Å². The van der Waals surface area contributed by atoms with Crippen molar-refractivity contribution in [2.24, 2.45) is 0 Å². The van der Waals surface area contributed by atoms with Gasteiger partial charge >= 0.3 is 0 Å². The van der Waals surface area contributed by atoms with E-state index in [4.69, 9.17) is 0 Å². The van der Waals surface area contributed by atoms with Gasteiger partial charge in [0.1, 0.15) is 11.6 Å². The van der Waals surface area contributed by atoms with Gasteiger partial charge in [0, 0.05) is 30.4 Å². The number of thiazole rings is 1. The number of ketones is 1. The predicted molar refractivity (Wildman–Crippen MR) is 117 cm³/mol. The third kappa shape index (κ3) is 4.54. The van der Waals surface area contributed by atoms with Crippen LogP contribution in [0.5, 0.6) is 0 Å². The lowest BCUT2D eigenvalue weighted by Crippen LogP contribution is -2.31. The summed E-state index contributed by atoms with van der Waals surface area (Å²) in [6.07, 6.45) is 6.72. The normalized spacial score (nSPS) is 14.3. The lowest BCUT2D eigenvalue weighted by Gasteiger charge is -2.29. The fraction of sp³-hybridized carbons (Fsp3) is 0.304. The average molecular weight is 441 g/mol. The van der Waals surface area contributed by atoms with Gasteiger partial charge in [-0.1, -0.05) is 18.6 Å². The van der Waals surface area contributed by atoms with Crippen LogP contribution in [0.15, 0.2) is 42.4 Å². The van der Waals surface area contributed by atoms with Gasteiger partial charge in [-0.05, 0) is 37.5 Å². The summed E-state index contributed by atoms with van der Waals surface area (Å²) in [4.78, 5) is 29.2. The first-order chi connectivity index (χ1) is 15.0. The molecule has 160 valence electrons. The maximum Gasteiger partial charge on any atom is 0.185 e. The Morgan fingerprint density at radius 3 is 2.55 bits per heavy atom. The summed E-state index contributed by atoms with van der Waals surface area (Å²) >= 11 is 1.70. The Bertz CT molecular complexity index is 1120. The van der Waals surface area contributed by atoms with E-state index in [0.717, 1.165) is 47.9 Å². The zero-order valence-electron chi connectivity index (χ0n) is 17.4. The van der Waals surface area contributed by atoms with E-state index in [1.807, 2.05) is 6.20 Å². The summed E-state index contributed by atoms with van der Waals surface area (Å²) in [7, 11) is 0. The second kappa shape index (κ2) is 9.01. The van der Waals surface area contributed by atoms with Crippen molar-refractivity contribution in [3.8, 4) is 0 Å². The molecular weight excluding hydrogens is 418 g/mol. The predicted octanol–water partition coefficient (Wildman–Crippen LogP) is 4.88. The average Bonchev–Trinajstić information content (AvgIpc) is 3.24. The molecule has 3 aromatic rings. The highest BCUT2D eigenvalue weighted by molar-refractivity contribution is 7.15. The molecule has 0 fully saturated rings. The molecule has 0 unspecified atom stereocenters. The lowest BCUT2D eigenvalue weighted by atomic mass is 9.99. The van der Waals surface area contributed by atoms with Crippen LogP contribution in [-0.2, 0) is 12.8 Å². The van der Waals surface area contributed by atoms with Gasteiger partial charge in [-0.25, -0.2) is 13.8 Å². The molecule has 1 aliphatic heterocycles. The summed E-state index contributed by atoms with van der Waals surface area (Å²) in [6, 6.07) is 3.37. The first kappa shape index (κ1) is 21.2. The Hall–Kier alpha value is -3.00. The molecule has 0 saturated heterocycles. The summed E-state index contributed by atoms with van der Waals surface area (Å²) in [6.45, 7) is 5.80. The van der Waals surface area contributed by atoms with Crippen LogP contribution in [0.25, 0.3) is 5.57 Å². The lowest BCUT2D eigenvalue weighted by molar-refractivity contribution is 0.0983. The zero-order chi connectivity index (χ0) is 22.0. The third-order valence-electron chi connectivity index (χ3n) is 5.38. The van der Waals surface area contributed by atoms with Crippen LogP contribution in [0, 0.1) is 11.6 Å². The molecule has 2 aromatic heterocycles. The summed E-state index contributed by atoms with van der Waals surface area (Å²) in [5.74, 6) is -2.40.